The van der Waals surface area contributed by atoms with Crippen molar-refractivity contribution < 1.29 is 9.47 Å². The highest BCUT2D eigenvalue weighted by molar-refractivity contribution is 5.93. The Labute approximate surface area is 141 Å². The van der Waals surface area contributed by atoms with Gasteiger partial charge in [-0.05, 0) is 19.1 Å². The number of aromatic amines is 1. The molecule has 1 fully saturated rings. The van der Waals surface area contributed by atoms with E-state index in [1.165, 1.54) is 0 Å². The number of rotatable bonds is 4. The quantitative estimate of drug-likeness (QED) is 0.878. The first-order chi connectivity index (χ1) is 11.8. The van der Waals surface area contributed by atoms with Gasteiger partial charge in [-0.1, -0.05) is 6.08 Å². The van der Waals surface area contributed by atoms with Gasteiger partial charge in [0.15, 0.2) is 0 Å². The van der Waals surface area contributed by atoms with Gasteiger partial charge in [-0.3, -0.25) is 5.10 Å². The molecule has 1 aliphatic rings. The van der Waals surface area contributed by atoms with E-state index in [1.807, 2.05) is 37.3 Å². The van der Waals surface area contributed by atoms with Gasteiger partial charge in [0, 0.05) is 17.0 Å². The van der Waals surface area contributed by atoms with Crippen LogP contribution in [0.15, 0.2) is 36.2 Å². The zero-order valence-corrected chi connectivity index (χ0v) is 14.0. The monoisotopic (exact) mass is 325 g/mol. The Morgan fingerprint density at radius 1 is 1.42 bits per heavy atom. The SMILES string of the molecule is C#[N+]C(=CC(=CC)c1n[nH]c2cc(OC)ccc12)N1CCOCC1. The summed E-state index contributed by atoms with van der Waals surface area (Å²) in [4.78, 5) is 6.07. The number of hydrogen-bond acceptors (Lipinski definition) is 4. The van der Waals surface area contributed by atoms with E-state index < -0.39 is 0 Å². The normalized spacial score (nSPS) is 16.3. The van der Waals surface area contributed by atoms with E-state index >= 15 is 0 Å². The van der Waals surface area contributed by atoms with Crippen molar-refractivity contribution in [1.82, 2.24) is 15.1 Å². The second-order valence-corrected chi connectivity index (χ2v) is 5.46. The maximum absolute atomic E-state index is 5.61. The molecular formula is C18H21N4O2+. The first-order valence-corrected chi connectivity index (χ1v) is 7.91. The van der Waals surface area contributed by atoms with Gasteiger partial charge < -0.3 is 9.47 Å². The number of aromatic nitrogens is 2. The number of H-pyrrole nitrogens is 1. The summed E-state index contributed by atoms with van der Waals surface area (Å²) < 4.78 is 10.6. The van der Waals surface area contributed by atoms with Crippen molar-refractivity contribution >= 4 is 16.5 Å². The number of allylic oxidation sites excluding steroid dienone is 3. The topological polar surface area (TPSA) is 54.7 Å². The fraction of sp³-hybridized carbons (Fsp3) is 0.333. The number of hydrogen-bond donors (Lipinski definition) is 1. The predicted octanol–water partition coefficient (Wildman–Crippen LogP) is 3.11. The van der Waals surface area contributed by atoms with E-state index in [9.17, 15) is 0 Å². The highest BCUT2D eigenvalue weighted by Crippen LogP contribution is 2.28. The molecule has 24 heavy (non-hydrogen) atoms. The van der Waals surface area contributed by atoms with Crippen LogP contribution in [0.5, 0.6) is 5.75 Å². The van der Waals surface area contributed by atoms with Gasteiger partial charge in [-0.2, -0.15) is 9.94 Å². The molecule has 0 unspecified atom stereocenters. The third-order valence-corrected chi connectivity index (χ3v) is 4.11. The molecule has 1 aliphatic heterocycles. The Morgan fingerprint density at radius 3 is 2.88 bits per heavy atom. The van der Waals surface area contributed by atoms with Gasteiger partial charge in [0.2, 0.25) is 0 Å². The number of methoxy groups -OCH3 is 1. The predicted molar refractivity (Wildman–Crippen MR) is 95.1 cm³/mol. The molecule has 3 rings (SSSR count). The third kappa shape index (κ3) is 3.12. The molecule has 0 spiro atoms. The standard InChI is InChI=1S/C18H21N4O2/c1-4-13(11-17(19-2)22-7-9-24-10-8-22)18-15-6-5-14(23-3)12-16(15)20-21-18/h2,4-6,11-12H,7-10H2,1,3H3,(H,20,21)/q+1. The van der Waals surface area contributed by atoms with Crippen LogP contribution in [0.4, 0.5) is 0 Å². The minimum Gasteiger partial charge on any atom is -0.497 e. The molecule has 1 aromatic heterocycles. The highest BCUT2D eigenvalue weighted by Gasteiger charge is 2.23. The van der Waals surface area contributed by atoms with Gasteiger partial charge in [0.1, 0.15) is 25.4 Å². The van der Waals surface area contributed by atoms with Crippen molar-refractivity contribution in [2.24, 2.45) is 0 Å². The fourth-order valence-corrected chi connectivity index (χ4v) is 2.78. The molecule has 0 bridgehead atoms. The van der Waals surface area contributed by atoms with Crippen LogP contribution in [-0.4, -0.2) is 48.5 Å². The maximum Gasteiger partial charge on any atom is 0.381 e. The van der Waals surface area contributed by atoms with Crippen molar-refractivity contribution in [3.8, 4) is 12.3 Å². The van der Waals surface area contributed by atoms with Crippen molar-refractivity contribution in [2.45, 2.75) is 6.92 Å². The molecule has 0 saturated carbocycles. The molecule has 1 aromatic carbocycles. The zero-order valence-electron chi connectivity index (χ0n) is 14.0. The van der Waals surface area contributed by atoms with Crippen LogP contribution in [0.2, 0.25) is 0 Å². The Hall–Kier alpha value is -2.78. The summed E-state index contributed by atoms with van der Waals surface area (Å²) in [5, 5.41) is 8.53. The summed E-state index contributed by atoms with van der Waals surface area (Å²) in [6.07, 6.45) is 3.97. The van der Waals surface area contributed by atoms with E-state index in [-0.39, 0.29) is 0 Å². The number of ether oxygens (including phenoxy) is 2. The van der Waals surface area contributed by atoms with Crippen LogP contribution in [0.1, 0.15) is 12.6 Å². The van der Waals surface area contributed by atoms with Crippen molar-refractivity contribution in [2.75, 3.05) is 33.4 Å². The Bertz CT molecular complexity index is 823. The number of morpholine rings is 1. The Balaban J connectivity index is 1.97. The average molecular weight is 325 g/mol. The van der Waals surface area contributed by atoms with Crippen LogP contribution in [-0.2, 0) is 4.74 Å². The molecule has 2 heterocycles. The van der Waals surface area contributed by atoms with Crippen LogP contribution in [0.3, 0.4) is 0 Å². The van der Waals surface area contributed by atoms with E-state index in [1.54, 1.807) is 7.11 Å². The van der Waals surface area contributed by atoms with Gasteiger partial charge >= 0.3 is 5.82 Å². The zero-order chi connectivity index (χ0) is 16.9. The Kier molecular flexibility index (Phi) is 4.82. The summed E-state index contributed by atoms with van der Waals surface area (Å²) in [5.41, 5.74) is 2.75. The molecule has 0 radical (unpaired) electrons. The van der Waals surface area contributed by atoms with E-state index in [0.717, 1.165) is 46.8 Å². The van der Waals surface area contributed by atoms with Gasteiger partial charge in [-0.25, -0.2) is 4.90 Å². The second-order valence-electron chi connectivity index (χ2n) is 5.46. The van der Waals surface area contributed by atoms with Crippen molar-refractivity contribution in [3.63, 3.8) is 0 Å². The van der Waals surface area contributed by atoms with Crippen molar-refractivity contribution in [3.05, 3.63) is 46.7 Å². The lowest BCUT2D eigenvalue weighted by molar-refractivity contribution is 0.0553. The summed E-state index contributed by atoms with van der Waals surface area (Å²) in [6.45, 7) is 10.5. The molecule has 124 valence electrons. The average Bonchev–Trinajstić information content (AvgIpc) is 3.06. The molecule has 1 N–H and O–H groups in total. The summed E-state index contributed by atoms with van der Waals surface area (Å²) in [5.74, 6) is 1.53. The second kappa shape index (κ2) is 7.20. The number of fused-ring (bicyclic) bond motifs is 1. The molecule has 6 heteroatoms. The van der Waals surface area contributed by atoms with E-state index in [0.29, 0.717) is 13.2 Å². The van der Waals surface area contributed by atoms with Gasteiger partial charge in [-0.15, -0.1) is 0 Å². The largest absolute Gasteiger partial charge is 0.497 e. The maximum atomic E-state index is 5.61. The number of nitrogens with zero attached hydrogens (tertiary/aromatic N) is 3. The fourth-order valence-electron chi connectivity index (χ4n) is 2.78. The minimum absolute atomic E-state index is 0.684. The van der Waals surface area contributed by atoms with Crippen molar-refractivity contribution in [1.29, 1.82) is 0 Å². The molecule has 0 aliphatic carbocycles. The van der Waals surface area contributed by atoms with E-state index in [4.69, 9.17) is 16.0 Å². The van der Waals surface area contributed by atoms with E-state index in [2.05, 4.69) is 19.9 Å². The Morgan fingerprint density at radius 2 is 2.21 bits per heavy atom. The van der Waals surface area contributed by atoms with Crippen LogP contribution in [0.25, 0.3) is 21.3 Å². The third-order valence-electron chi connectivity index (χ3n) is 4.11. The smallest absolute Gasteiger partial charge is 0.381 e. The lowest BCUT2D eigenvalue weighted by Gasteiger charge is -2.20. The van der Waals surface area contributed by atoms with Gasteiger partial charge in [0.05, 0.1) is 37.6 Å². The lowest BCUT2D eigenvalue weighted by atomic mass is 10.1. The summed E-state index contributed by atoms with van der Waals surface area (Å²) in [6, 6.07) is 5.85. The van der Waals surface area contributed by atoms with Crippen LogP contribution < -0.4 is 4.74 Å². The number of nitrogens with one attached hydrogen (secondary N) is 1. The van der Waals surface area contributed by atoms with Crippen LogP contribution in [0, 0.1) is 6.57 Å². The number of benzene rings is 1. The molecule has 0 atom stereocenters. The molecule has 6 nitrogen and oxygen atoms in total. The van der Waals surface area contributed by atoms with Gasteiger partial charge in [0.25, 0.3) is 0 Å². The highest BCUT2D eigenvalue weighted by atomic mass is 16.5. The molecule has 2 aromatic rings. The first-order valence-electron chi connectivity index (χ1n) is 7.91. The summed E-state index contributed by atoms with van der Waals surface area (Å²) >= 11 is 0. The minimum atomic E-state index is 0.684. The molecule has 1 saturated heterocycles. The first kappa shape index (κ1) is 16.1. The molecular weight excluding hydrogens is 304 g/mol. The van der Waals surface area contributed by atoms with Crippen LogP contribution >= 0.6 is 0 Å². The molecule has 0 amide bonds. The summed E-state index contributed by atoms with van der Waals surface area (Å²) in [7, 11) is 1.65. The lowest BCUT2D eigenvalue weighted by Crippen LogP contribution is -2.34.